The lowest BCUT2D eigenvalue weighted by Crippen LogP contribution is -2.44. The van der Waals surface area contributed by atoms with Crippen LogP contribution in [0.3, 0.4) is 0 Å². The molecule has 2 heterocycles. The zero-order valence-corrected chi connectivity index (χ0v) is 15.6. The highest BCUT2D eigenvalue weighted by Gasteiger charge is 2.25. The molecule has 24 heavy (non-hydrogen) atoms. The lowest BCUT2D eigenvalue weighted by atomic mass is 9.98. The van der Waals surface area contributed by atoms with Crippen molar-refractivity contribution in [1.82, 2.24) is 20.5 Å². The van der Waals surface area contributed by atoms with Gasteiger partial charge in [0.05, 0.1) is 10.7 Å². The maximum atomic E-state index is 11.8. The van der Waals surface area contributed by atoms with Crippen LogP contribution in [0.25, 0.3) is 0 Å². The topological polar surface area (TPSA) is 74.3 Å². The largest absolute Gasteiger partial charge is 0.355 e. The number of likely N-dealkylation sites (tertiary alicyclic amines) is 1. The van der Waals surface area contributed by atoms with Crippen molar-refractivity contribution in [3.63, 3.8) is 0 Å². The first-order chi connectivity index (χ1) is 11.5. The van der Waals surface area contributed by atoms with Gasteiger partial charge in [0.2, 0.25) is 5.91 Å². The highest BCUT2D eigenvalue weighted by atomic mass is 32.1. The van der Waals surface area contributed by atoms with Crippen LogP contribution < -0.4 is 10.6 Å². The van der Waals surface area contributed by atoms with Crippen LogP contribution in [0, 0.1) is 5.92 Å². The molecule has 7 heteroatoms. The van der Waals surface area contributed by atoms with E-state index in [1.54, 1.807) is 11.3 Å². The number of nitrogens with one attached hydrogen (secondary N) is 2. The number of amides is 3. The molecule has 2 rings (SSSR count). The van der Waals surface area contributed by atoms with Gasteiger partial charge in [-0.05, 0) is 19.8 Å². The summed E-state index contributed by atoms with van der Waals surface area (Å²) >= 11 is 1.70. The zero-order valence-electron chi connectivity index (χ0n) is 14.8. The first kappa shape index (κ1) is 18.7. The van der Waals surface area contributed by atoms with Crippen molar-refractivity contribution in [3.8, 4) is 0 Å². The highest BCUT2D eigenvalue weighted by molar-refractivity contribution is 7.09. The first-order valence-electron chi connectivity index (χ1n) is 8.76. The van der Waals surface area contributed by atoms with E-state index in [1.807, 2.05) is 25.7 Å². The van der Waals surface area contributed by atoms with Crippen LogP contribution in [-0.2, 0) is 11.2 Å². The van der Waals surface area contributed by atoms with Gasteiger partial charge in [-0.1, -0.05) is 13.8 Å². The Morgan fingerprint density at radius 2 is 2.04 bits per heavy atom. The summed E-state index contributed by atoms with van der Waals surface area (Å²) in [6.45, 7) is 8.60. The van der Waals surface area contributed by atoms with Gasteiger partial charge in [-0.25, -0.2) is 9.78 Å². The molecule has 0 bridgehead atoms. The summed E-state index contributed by atoms with van der Waals surface area (Å²) in [7, 11) is 0. The number of carbonyl (C=O) groups excluding carboxylic acids is 2. The van der Waals surface area contributed by atoms with Crippen molar-refractivity contribution < 1.29 is 9.59 Å². The van der Waals surface area contributed by atoms with E-state index in [2.05, 4.69) is 16.0 Å². The molecular weight excluding hydrogens is 324 g/mol. The van der Waals surface area contributed by atoms with Gasteiger partial charge >= 0.3 is 6.03 Å². The van der Waals surface area contributed by atoms with Crippen LogP contribution >= 0.6 is 11.3 Å². The fraction of sp³-hybridized carbons (Fsp3) is 0.706. The van der Waals surface area contributed by atoms with E-state index >= 15 is 0 Å². The van der Waals surface area contributed by atoms with E-state index in [1.165, 1.54) is 0 Å². The minimum Gasteiger partial charge on any atom is -0.355 e. The first-order valence-corrected chi connectivity index (χ1v) is 9.64. The Morgan fingerprint density at radius 3 is 2.67 bits per heavy atom. The minimum atomic E-state index is 0.0195. The van der Waals surface area contributed by atoms with Crippen LogP contribution in [0.2, 0.25) is 0 Å². The average Bonchev–Trinajstić information content (AvgIpc) is 3.04. The molecule has 1 saturated heterocycles. The van der Waals surface area contributed by atoms with Crippen molar-refractivity contribution in [2.75, 3.05) is 26.2 Å². The second kappa shape index (κ2) is 9.01. The monoisotopic (exact) mass is 352 g/mol. The number of nitrogens with zero attached hydrogens (tertiary/aromatic N) is 2. The number of hydrogen-bond acceptors (Lipinski definition) is 4. The van der Waals surface area contributed by atoms with E-state index in [9.17, 15) is 9.59 Å². The lowest BCUT2D eigenvalue weighted by Gasteiger charge is -2.31. The summed E-state index contributed by atoms with van der Waals surface area (Å²) in [5.74, 6) is 0.550. The van der Waals surface area contributed by atoms with Crippen LogP contribution in [0.15, 0.2) is 5.38 Å². The van der Waals surface area contributed by atoms with Gasteiger partial charge in [0.15, 0.2) is 0 Å². The van der Waals surface area contributed by atoms with Crippen molar-refractivity contribution in [2.24, 2.45) is 5.92 Å². The van der Waals surface area contributed by atoms with E-state index < -0.39 is 0 Å². The Labute approximate surface area is 148 Å². The Morgan fingerprint density at radius 1 is 1.33 bits per heavy atom. The smallest absolute Gasteiger partial charge is 0.317 e. The van der Waals surface area contributed by atoms with Crippen molar-refractivity contribution in [3.05, 3.63) is 16.1 Å². The van der Waals surface area contributed by atoms with Gasteiger partial charge in [0.1, 0.15) is 0 Å². The normalized spacial score (nSPS) is 15.6. The minimum absolute atomic E-state index is 0.0195. The molecule has 1 aliphatic rings. The number of piperidine rings is 1. The Kier molecular flexibility index (Phi) is 7.02. The number of aromatic nitrogens is 1. The molecule has 0 unspecified atom stereocenters. The second-order valence-electron chi connectivity index (χ2n) is 6.47. The third-order valence-electron chi connectivity index (χ3n) is 4.23. The Hall–Kier alpha value is -1.63. The molecule has 0 aliphatic carbocycles. The number of hydrogen-bond donors (Lipinski definition) is 2. The van der Waals surface area contributed by atoms with E-state index in [-0.39, 0.29) is 17.9 Å². The van der Waals surface area contributed by atoms with E-state index in [0.717, 1.165) is 43.1 Å². The molecule has 3 amide bonds. The second-order valence-corrected chi connectivity index (χ2v) is 7.36. The maximum absolute atomic E-state index is 11.8. The van der Waals surface area contributed by atoms with Crippen molar-refractivity contribution in [2.45, 2.75) is 46.0 Å². The molecule has 0 spiro atoms. The van der Waals surface area contributed by atoms with Crippen molar-refractivity contribution in [1.29, 1.82) is 0 Å². The molecule has 0 saturated carbocycles. The molecule has 1 aromatic heterocycles. The van der Waals surface area contributed by atoms with Gasteiger partial charge in [-0.3, -0.25) is 4.79 Å². The predicted octanol–water partition coefficient (Wildman–Crippen LogP) is 2.37. The molecule has 0 aromatic carbocycles. The summed E-state index contributed by atoms with van der Waals surface area (Å²) in [4.78, 5) is 30.0. The fourth-order valence-corrected chi connectivity index (χ4v) is 3.76. The Balaban J connectivity index is 1.77. The molecule has 6 nitrogen and oxygen atoms in total. The van der Waals surface area contributed by atoms with Gasteiger partial charge < -0.3 is 15.5 Å². The molecule has 1 aliphatic heterocycles. The third kappa shape index (κ3) is 5.19. The number of rotatable bonds is 6. The Bertz CT molecular complexity index is 551. The van der Waals surface area contributed by atoms with Gasteiger partial charge in [0.25, 0.3) is 0 Å². The molecule has 134 valence electrons. The number of urea groups is 1. The highest BCUT2D eigenvalue weighted by Crippen LogP contribution is 2.30. The fourth-order valence-electron chi connectivity index (χ4n) is 2.74. The number of thiazole rings is 1. The summed E-state index contributed by atoms with van der Waals surface area (Å²) in [5.41, 5.74) is 1.05. The third-order valence-corrected chi connectivity index (χ3v) is 5.29. The van der Waals surface area contributed by atoms with Crippen LogP contribution in [-0.4, -0.2) is 48.0 Å². The molecule has 1 fully saturated rings. The summed E-state index contributed by atoms with van der Waals surface area (Å²) in [6.07, 6.45) is 2.70. The van der Waals surface area contributed by atoms with Gasteiger partial charge in [-0.2, -0.15) is 0 Å². The molecular formula is C17H28N4O2S. The quantitative estimate of drug-likeness (QED) is 0.825. The molecule has 0 atom stereocenters. The number of carbonyl (C=O) groups is 2. The van der Waals surface area contributed by atoms with Crippen LogP contribution in [0.1, 0.15) is 50.2 Å². The average molecular weight is 353 g/mol. The summed E-state index contributed by atoms with van der Waals surface area (Å²) in [6, 6.07) is 0.0386. The zero-order chi connectivity index (χ0) is 17.5. The molecule has 2 N–H and O–H groups in total. The predicted molar refractivity (Wildman–Crippen MR) is 96.3 cm³/mol. The van der Waals surface area contributed by atoms with E-state index in [4.69, 9.17) is 4.98 Å². The summed E-state index contributed by atoms with van der Waals surface area (Å²) < 4.78 is 0. The van der Waals surface area contributed by atoms with Crippen LogP contribution in [0.5, 0.6) is 0 Å². The molecule has 1 aromatic rings. The molecule has 0 radical (unpaired) electrons. The SMILES string of the molecule is CCNC(=O)N1CCC(c2nc(CCNC(=O)C(C)C)cs2)CC1. The van der Waals surface area contributed by atoms with Crippen LogP contribution in [0.4, 0.5) is 4.79 Å². The summed E-state index contributed by atoms with van der Waals surface area (Å²) in [5, 5.41) is 9.03. The van der Waals surface area contributed by atoms with Gasteiger partial charge in [-0.15, -0.1) is 11.3 Å². The maximum Gasteiger partial charge on any atom is 0.317 e. The van der Waals surface area contributed by atoms with E-state index in [0.29, 0.717) is 19.0 Å². The standard InChI is InChI=1S/C17H28N4O2S/c1-4-18-17(23)21-9-6-13(7-10-21)16-20-14(11-24-16)5-8-19-15(22)12(2)3/h11-13H,4-10H2,1-3H3,(H,18,23)(H,19,22). The van der Waals surface area contributed by atoms with Gasteiger partial charge in [0, 0.05) is 49.8 Å². The lowest BCUT2D eigenvalue weighted by molar-refractivity contribution is -0.123. The van der Waals surface area contributed by atoms with Crippen molar-refractivity contribution >= 4 is 23.3 Å².